The topological polar surface area (TPSA) is 37.8 Å². The molecular weight excluding hydrogens is 242 g/mol. The molecule has 0 aliphatic rings. The van der Waals surface area contributed by atoms with Gasteiger partial charge in [-0.1, -0.05) is 11.6 Å². The van der Waals surface area contributed by atoms with E-state index in [0.29, 0.717) is 5.15 Å². The van der Waals surface area contributed by atoms with E-state index in [1.54, 1.807) is 17.5 Å². The Bertz CT molecular complexity index is 475. The summed E-state index contributed by atoms with van der Waals surface area (Å²) < 4.78 is 0. The fourth-order valence-electron chi connectivity index (χ4n) is 1.40. The van der Waals surface area contributed by atoms with Gasteiger partial charge in [0.25, 0.3) is 0 Å². The van der Waals surface area contributed by atoms with E-state index in [1.165, 1.54) is 4.88 Å². The molecule has 0 bridgehead atoms. The monoisotopic (exact) mass is 253 g/mol. The highest BCUT2D eigenvalue weighted by atomic mass is 35.5. The van der Waals surface area contributed by atoms with Crippen LogP contribution in [0.5, 0.6) is 0 Å². The van der Waals surface area contributed by atoms with E-state index in [4.69, 9.17) is 11.6 Å². The predicted octanol–water partition coefficient (Wildman–Crippen LogP) is 3.42. The highest BCUT2D eigenvalue weighted by Crippen LogP contribution is 2.24. The Balaban J connectivity index is 2.14. The number of hydrogen-bond donors (Lipinski definition) is 1. The molecular formula is C11H12ClN3S. The minimum atomic E-state index is 0.516. The Kier molecular flexibility index (Phi) is 3.41. The van der Waals surface area contributed by atoms with E-state index in [-0.39, 0.29) is 0 Å². The number of aryl methyl sites for hydroxylation is 2. The molecule has 2 aromatic heterocycles. The Morgan fingerprint density at radius 2 is 2.19 bits per heavy atom. The lowest BCUT2D eigenvalue weighted by Crippen LogP contribution is -2.02. The summed E-state index contributed by atoms with van der Waals surface area (Å²) in [6.45, 7) is 4.75. The Morgan fingerprint density at radius 3 is 2.81 bits per heavy atom. The van der Waals surface area contributed by atoms with E-state index in [2.05, 4.69) is 15.3 Å². The van der Waals surface area contributed by atoms with Crippen molar-refractivity contribution in [3.8, 4) is 0 Å². The quantitative estimate of drug-likeness (QED) is 0.852. The molecule has 0 fully saturated rings. The van der Waals surface area contributed by atoms with Gasteiger partial charge in [-0.05, 0) is 25.5 Å². The van der Waals surface area contributed by atoms with Gasteiger partial charge in [-0.25, -0.2) is 9.97 Å². The molecule has 5 heteroatoms. The van der Waals surface area contributed by atoms with E-state index in [1.807, 2.05) is 25.4 Å². The number of hydrogen-bond acceptors (Lipinski definition) is 4. The van der Waals surface area contributed by atoms with E-state index in [0.717, 1.165) is 23.5 Å². The van der Waals surface area contributed by atoms with Crippen LogP contribution in [0.15, 0.2) is 17.8 Å². The second-order valence-corrected chi connectivity index (χ2v) is 4.81. The third kappa shape index (κ3) is 2.33. The summed E-state index contributed by atoms with van der Waals surface area (Å²) in [6.07, 6.45) is 1.71. The molecule has 0 amide bonds. The van der Waals surface area contributed by atoms with Gasteiger partial charge in [0.15, 0.2) is 5.15 Å². The zero-order chi connectivity index (χ0) is 11.5. The second kappa shape index (κ2) is 4.80. The summed E-state index contributed by atoms with van der Waals surface area (Å²) >= 11 is 7.67. The van der Waals surface area contributed by atoms with Crippen LogP contribution < -0.4 is 5.32 Å². The van der Waals surface area contributed by atoms with Crippen LogP contribution in [0.25, 0.3) is 0 Å². The van der Waals surface area contributed by atoms with Crippen LogP contribution in [0.2, 0.25) is 5.15 Å². The molecule has 1 N–H and O–H groups in total. The first-order valence-electron chi connectivity index (χ1n) is 4.92. The first-order valence-corrected chi connectivity index (χ1v) is 6.18. The van der Waals surface area contributed by atoms with Crippen molar-refractivity contribution in [1.82, 2.24) is 9.97 Å². The molecule has 0 unspecified atom stereocenters. The van der Waals surface area contributed by atoms with Gasteiger partial charge < -0.3 is 5.32 Å². The van der Waals surface area contributed by atoms with Gasteiger partial charge in [0.2, 0.25) is 0 Å². The smallest absolute Gasteiger partial charge is 0.152 e. The van der Waals surface area contributed by atoms with Gasteiger partial charge in [0.05, 0.1) is 23.4 Å². The van der Waals surface area contributed by atoms with Crippen LogP contribution in [0.4, 0.5) is 5.69 Å². The maximum Gasteiger partial charge on any atom is 0.152 e. The van der Waals surface area contributed by atoms with Crippen LogP contribution in [0.3, 0.4) is 0 Å². The normalized spacial score (nSPS) is 10.4. The van der Waals surface area contributed by atoms with E-state index >= 15 is 0 Å². The highest BCUT2D eigenvalue weighted by Gasteiger charge is 2.06. The molecule has 0 aliphatic carbocycles. The van der Waals surface area contributed by atoms with Crippen LogP contribution in [0.1, 0.15) is 16.1 Å². The number of pyridine rings is 1. The van der Waals surface area contributed by atoms with Crippen LogP contribution >= 0.6 is 22.9 Å². The number of rotatable bonds is 3. The predicted molar refractivity (Wildman–Crippen MR) is 68.2 cm³/mol. The first-order chi connectivity index (χ1) is 7.68. The van der Waals surface area contributed by atoms with Crippen LogP contribution in [0, 0.1) is 13.8 Å². The SMILES string of the molecule is Cc1ccnc(Cl)c1NCc1scnc1C. The molecule has 2 aromatic rings. The van der Waals surface area contributed by atoms with Gasteiger partial charge >= 0.3 is 0 Å². The maximum absolute atomic E-state index is 6.02. The van der Waals surface area contributed by atoms with E-state index < -0.39 is 0 Å². The number of nitrogens with zero attached hydrogens (tertiary/aromatic N) is 2. The summed E-state index contributed by atoms with van der Waals surface area (Å²) in [5, 5.41) is 3.82. The molecule has 16 heavy (non-hydrogen) atoms. The lowest BCUT2D eigenvalue weighted by atomic mass is 10.2. The van der Waals surface area contributed by atoms with E-state index in [9.17, 15) is 0 Å². The maximum atomic E-state index is 6.02. The average Bonchev–Trinajstić information content (AvgIpc) is 2.64. The molecule has 2 rings (SSSR count). The molecule has 0 spiro atoms. The molecule has 3 nitrogen and oxygen atoms in total. The lowest BCUT2D eigenvalue weighted by molar-refractivity contribution is 1.11. The minimum absolute atomic E-state index is 0.516. The number of aromatic nitrogens is 2. The summed E-state index contributed by atoms with van der Waals surface area (Å²) in [4.78, 5) is 9.48. The van der Waals surface area contributed by atoms with Crippen LogP contribution in [-0.4, -0.2) is 9.97 Å². The standard InChI is InChI=1S/C11H12ClN3S/c1-7-3-4-13-11(12)10(7)14-5-9-8(2)15-6-16-9/h3-4,6,14H,5H2,1-2H3. The zero-order valence-electron chi connectivity index (χ0n) is 9.12. The summed E-state index contributed by atoms with van der Waals surface area (Å²) in [5.74, 6) is 0. The van der Waals surface area contributed by atoms with Crippen LogP contribution in [-0.2, 0) is 6.54 Å². The van der Waals surface area contributed by atoms with Crippen molar-refractivity contribution in [2.45, 2.75) is 20.4 Å². The number of anilines is 1. The molecule has 0 atom stereocenters. The number of nitrogens with one attached hydrogen (secondary N) is 1. The Hall–Kier alpha value is -1.13. The summed E-state index contributed by atoms with van der Waals surface area (Å²) in [6, 6.07) is 1.94. The largest absolute Gasteiger partial charge is 0.377 e. The van der Waals surface area contributed by atoms with Gasteiger partial charge in [-0.3, -0.25) is 0 Å². The van der Waals surface area contributed by atoms with Crippen molar-refractivity contribution in [3.63, 3.8) is 0 Å². The third-order valence-electron chi connectivity index (χ3n) is 2.38. The van der Waals surface area contributed by atoms with Crippen molar-refractivity contribution in [2.75, 3.05) is 5.32 Å². The zero-order valence-corrected chi connectivity index (χ0v) is 10.7. The average molecular weight is 254 g/mol. The lowest BCUT2D eigenvalue weighted by Gasteiger charge is -2.09. The molecule has 84 valence electrons. The van der Waals surface area contributed by atoms with Gasteiger partial charge in [-0.2, -0.15) is 0 Å². The molecule has 0 radical (unpaired) electrons. The molecule has 0 aliphatic heterocycles. The molecule has 2 heterocycles. The minimum Gasteiger partial charge on any atom is -0.377 e. The summed E-state index contributed by atoms with van der Waals surface area (Å²) in [5.41, 5.74) is 4.92. The summed E-state index contributed by atoms with van der Waals surface area (Å²) in [7, 11) is 0. The second-order valence-electron chi connectivity index (χ2n) is 3.51. The van der Waals surface area contributed by atoms with Gasteiger partial charge in [0.1, 0.15) is 0 Å². The van der Waals surface area contributed by atoms with Gasteiger partial charge in [0, 0.05) is 11.1 Å². The fraction of sp³-hybridized carbons (Fsp3) is 0.273. The van der Waals surface area contributed by atoms with Crippen molar-refractivity contribution in [1.29, 1.82) is 0 Å². The molecule has 0 saturated carbocycles. The van der Waals surface area contributed by atoms with Crippen molar-refractivity contribution in [3.05, 3.63) is 39.1 Å². The molecule has 0 aromatic carbocycles. The Labute approximate surface area is 104 Å². The molecule has 0 saturated heterocycles. The van der Waals surface area contributed by atoms with Crippen molar-refractivity contribution >= 4 is 28.6 Å². The van der Waals surface area contributed by atoms with Crippen molar-refractivity contribution in [2.24, 2.45) is 0 Å². The Morgan fingerprint density at radius 1 is 1.38 bits per heavy atom. The fourth-order valence-corrected chi connectivity index (χ4v) is 2.39. The van der Waals surface area contributed by atoms with Gasteiger partial charge in [-0.15, -0.1) is 11.3 Å². The first kappa shape index (κ1) is 11.4. The number of thiazole rings is 1. The third-order valence-corrected chi connectivity index (χ3v) is 3.61. The number of halogens is 1. The highest BCUT2D eigenvalue weighted by molar-refractivity contribution is 7.09. The van der Waals surface area contributed by atoms with Crippen molar-refractivity contribution < 1.29 is 0 Å².